The quantitative estimate of drug-likeness (QED) is 0.341. The number of amides is 1. The Kier molecular flexibility index (Phi) is 9.70. The summed E-state index contributed by atoms with van der Waals surface area (Å²) in [6.07, 6.45) is 5.18. The first kappa shape index (κ1) is 26.1. The maximum absolute atomic E-state index is 12.6. The highest BCUT2D eigenvalue weighted by atomic mass is 16.1. The topological polar surface area (TPSA) is 60.5 Å². The third-order valence-electron chi connectivity index (χ3n) is 7.18. The van der Waals surface area contributed by atoms with Crippen LogP contribution >= 0.6 is 0 Å². The van der Waals surface area contributed by atoms with E-state index in [9.17, 15) is 4.79 Å². The van der Waals surface area contributed by atoms with Crippen molar-refractivity contribution in [2.24, 2.45) is 0 Å². The van der Waals surface area contributed by atoms with E-state index in [1.165, 1.54) is 32.4 Å². The molecule has 3 aromatic rings. The van der Waals surface area contributed by atoms with Gasteiger partial charge >= 0.3 is 0 Å². The lowest BCUT2D eigenvalue weighted by Gasteiger charge is -2.26. The minimum Gasteiger partial charge on any atom is -0.384 e. The monoisotopic (exact) mass is 487 g/mol. The van der Waals surface area contributed by atoms with E-state index in [2.05, 4.69) is 58.5 Å². The van der Waals surface area contributed by atoms with Crippen LogP contribution in [0, 0.1) is 0 Å². The van der Waals surface area contributed by atoms with Crippen LogP contribution in [0.25, 0.3) is 22.2 Å². The molecule has 6 nitrogen and oxygen atoms in total. The number of pyridine rings is 1. The number of hydrogen-bond donors (Lipinski definition) is 2. The van der Waals surface area contributed by atoms with Crippen LogP contribution in [0.4, 0.5) is 5.69 Å². The van der Waals surface area contributed by atoms with Crippen molar-refractivity contribution in [2.45, 2.75) is 39.5 Å². The third-order valence-corrected chi connectivity index (χ3v) is 7.18. The number of para-hydroxylation sites is 1. The van der Waals surface area contributed by atoms with Gasteiger partial charge in [-0.05, 0) is 76.3 Å². The Morgan fingerprint density at radius 1 is 0.972 bits per heavy atom. The molecule has 0 radical (unpaired) electrons. The van der Waals surface area contributed by atoms with Gasteiger partial charge in [0.2, 0.25) is 0 Å². The molecule has 1 amide bonds. The van der Waals surface area contributed by atoms with E-state index < -0.39 is 0 Å². The number of hydrogen-bond acceptors (Lipinski definition) is 5. The summed E-state index contributed by atoms with van der Waals surface area (Å²) in [5, 5.41) is 7.85. The maximum atomic E-state index is 12.6. The zero-order chi connectivity index (χ0) is 25.2. The molecule has 0 unspecified atom stereocenters. The number of likely N-dealkylation sites (tertiary alicyclic amines) is 1. The number of likely N-dealkylation sites (N-methyl/N-ethyl adjacent to an activating group) is 1. The first-order chi connectivity index (χ1) is 17.7. The number of carbonyl (C=O) groups is 1. The summed E-state index contributed by atoms with van der Waals surface area (Å²) in [5.74, 6) is -0.0313. The van der Waals surface area contributed by atoms with E-state index in [1.54, 1.807) is 0 Å². The summed E-state index contributed by atoms with van der Waals surface area (Å²) >= 11 is 0. The summed E-state index contributed by atoms with van der Waals surface area (Å²) in [7, 11) is 0. The van der Waals surface area contributed by atoms with Gasteiger partial charge in [0.1, 0.15) is 0 Å². The van der Waals surface area contributed by atoms with E-state index in [-0.39, 0.29) is 5.91 Å². The third kappa shape index (κ3) is 7.05. The molecule has 2 N–H and O–H groups in total. The van der Waals surface area contributed by atoms with Crippen LogP contribution in [0.1, 0.15) is 49.9 Å². The largest absolute Gasteiger partial charge is 0.384 e. The summed E-state index contributed by atoms with van der Waals surface area (Å²) in [6.45, 7) is 12.4. The van der Waals surface area contributed by atoms with Crippen LogP contribution in [0.5, 0.6) is 0 Å². The number of anilines is 1. The second kappa shape index (κ2) is 13.4. The van der Waals surface area contributed by atoms with Crippen molar-refractivity contribution in [2.75, 3.05) is 57.7 Å². The van der Waals surface area contributed by atoms with Gasteiger partial charge in [-0.25, -0.2) is 4.98 Å². The molecular formula is C30H41N5O. The number of benzene rings is 2. The van der Waals surface area contributed by atoms with E-state index in [1.807, 2.05) is 30.3 Å². The Bertz CT molecular complexity index is 1100. The molecule has 4 rings (SSSR count). The fourth-order valence-corrected chi connectivity index (χ4v) is 4.94. The van der Waals surface area contributed by atoms with Gasteiger partial charge in [0.25, 0.3) is 5.91 Å². The Balaban J connectivity index is 1.41. The van der Waals surface area contributed by atoms with Crippen molar-refractivity contribution in [1.82, 2.24) is 20.1 Å². The predicted molar refractivity (Wildman–Crippen MR) is 151 cm³/mol. The summed E-state index contributed by atoms with van der Waals surface area (Å²) in [4.78, 5) is 22.4. The molecule has 0 atom stereocenters. The highest BCUT2D eigenvalue weighted by Gasteiger charge is 2.11. The molecule has 2 aromatic carbocycles. The number of fused-ring (bicyclic) bond motifs is 1. The molecule has 0 aliphatic carbocycles. The number of nitrogens with zero attached hydrogens (tertiary/aromatic N) is 3. The van der Waals surface area contributed by atoms with Crippen molar-refractivity contribution in [3.05, 3.63) is 60.2 Å². The second-order valence-electron chi connectivity index (χ2n) is 9.61. The molecule has 0 bridgehead atoms. The molecule has 36 heavy (non-hydrogen) atoms. The minimum absolute atomic E-state index is 0.0313. The molecule has 1 aliphatic rings. The van der Waals surface area contributed by atoms with Gasteiger partial charge in [-0.1, -0.05) is 50.6 Å². The van der Waals surface area contributed by atoms with Crippen LogP contribution in [0.3, 0.4) is 0 Å². The maximum Gasteiger partial charge on any atom is 0.251 e. The van der Waals surface area contributed by atoms with Gasteiger partial charge in [-0.15, -0.1) is 0 Å². The Labute approximate surface area is 216 Å². The van der Waals surface area contributed by atoms with E-state index in [0.29, 0.717) is 12.1 Å². The molecule has 1 aliphatic heterocycles. The molecule has 192 valence electrons. The van der Waals surface area contributed by atoms with Crippen molar-refractivity contribution in [3.63, 3.8) is 0 Å². The Morgan fingerprint density at radius 2 is 1.72 bits per heavy atom. The van der Waals surface area contributed by atoms with Crippen molar-refractivity contribution in [1.29, 1.82) is 0 Å². The van der Waals surface area contributed by atoms with E-state index in [4.69, 9.17) is 4.98 Å². The number of piperidine rings is 1. The Hall–Kier alpha value is -2.96. The number of rotatable bonds is 12. The number of nitrogens with one attached hydrogen (secondary N) is 2. The standard InChI is InChI=1S/C30H41N5O/c1-3-34(4-2)22-18-32-30(36)25-15-13-24(14-16-25)28-23-29(26-11-6-7-12-27(26)33-28)31-17-10-21-35-19-8-5-9-20-35/h6-7,11-16,23H,3-5,8-10,17-22H2,1-2H3,(H,31,33)(H,32,36). The fraction of sp³-hybridized carbons (Fsp3) is 0.467. The zero-order valence-electron chi connectivity index (χ0n) is 21.9. The van der Waals surface area contributed by atoms with Crippen LogP contribution < -0.4 is 10.6 Å². The normalized spacial score (nSPS) is 14.3. The molecule has 1 saturated heterocycles. The lowest BCUT2D eigenvalue weighted by Crippen LogP contribution is -2.34. The lowest BCUT2D eigenvalue weighted by atomic mass is 10.1. The van der Waals surface area contributed by atoms with Gasteiger partial charge in [-0.2, -0.15) is 0 Å². The van der Waals surface area contributed by atoms with Gasteiger partial charge in [-0.3, -0.25) is 4.79 Å². The van der Waals surface area contributed by atoms with E-state index in [0.717, 1.165) is 67.0 Å². The average Bonchev–Trinajstić information content (AvgIpc) is 2.94. The predicted octanol–water partition coefficient (Wildman–Crippen LogP) is 5.26. The number of carbonyl (C=O) groups excluding carboxylic acids is 1. The van der Waals surface area contributed by atoms with Crippen molar-refractivity contribution in [3.8, 4) is 11.3 Å². The first-order valence-electron chi connectivity index (χ1n) is 13.6. The summed E-state index contributed by atoms with van der Waals surface area (Å²) in [5.41, 5.74) is 4.70. The second-order valence-corrected chi connectivity index (χ2v) is 9.61. The highest BCUT2D eigenvalue weighted by molar-refractivity contribution is 5.96. The van der Waals surface area contributed by atoms with Crippen molar-refractivity contribution >= 4 is 22.5 Å². The SMILES string of the molecule is CCN(CC)CCNC(=O)c1ccc(-c2cc(NCCCN3CCCCC3)c3ccccc3n2)cc1. The molecule has 1 fully saturated rings. The molecule has 6 heteroatoms. The molecule has 0 saturated carbocycles. The van der Waals surface area contributed by atoms with Gasteiger partial charge in [0, 0.05) is 41.8 Å². The zero-order valence-corrected chi connectivity index (χ0v) is 21.9. The molecule has 2 heterocycles. The van der Waals surface area contributed by atoms with Gasteiger partial charge < -0.3 is 20.4 Å². The van der Waals surface area contributed by atoms with Crippen LogP contribution in [-0.2, 0) is 0 Å². The molecular weight excluding hydrogens is 446 g/mol. The molecule has 1 aromatic heterocycles. The molecule has 0 spiro atoms. The van der Waals surface area contributed by atoms with Gasteiger partial charge in [0.05, 0.1) is 11.2 Å². The van der Waals surface area contributed by atoms with Crippen LogP contribution in [-0.4, -0.2) is 73.0 Å². The first-order valence-corrected chi connectivity index (χ1v) is 13.6. The smallest absolute Gasteiger partial charge is 0.251 e. The van der Waals surface area contributed by atoms with Crippen LogP contribution in [0.2, 0.25) is 0 Å². The van der Waals surface area contributed by atoms with E-state index >= 15 is 0 Å². The lowest BCUT2D eigenvalue weighted by molar-refractivity contribution is 0.0949. The number of aromatic nitrogens is 1. The highest BCUT2D eigenvalue weighted by Crippen LogP contribution is 2.28. The Morgan fingerprint density at radius 3 is 2.47 bits per heavy atom. The average molecular weight is 488 g/mol. The van der Waals surface area contributed by atoms with Crippen molar-refractivity contribution < 1.29 is 4.79 Å². The van der Waals surface area contributed by atoms with Crippen LogP contribution in [0.15, 0.2) is 54.6 Å². The van der Waals surface area contributed by atoms with Gasteiger partial charge in [0.15, 0.2) is 0 Å². The summed E-state index contributed by atoms with van der Waals surface area (Å²) in [6, 6.07) is 18.2. The fourth-order valence-electron chi connectivity index (χ4n) is 4.94. The summed E-state index contributed by atoms with van der Waals surface area (Å²) < 4.78 is 0. The minimum atomic E-state index is -0.0313.